The molecular weight excluding hydrogens is 432 g/mol. The van der Waals surface area contributed by atoms with Crippen molar-refractivity contribution in [2.75, 3.05) is 12.4 Å². The number of hydrogen-bond donors (Lipinski definition) is 1. The summed E-state index contributed by atoms with van der Waals surface area (Å²) in [7, 11) is 1.55. The molecule has 0 fully saturated rings. The highest BCUT2D eigenvalue weighted by molar-refractivity contribution is 5.95. The van der Waals surface area contributed by atoms with Gasteiger partial charge in [0.05, 0.1) is 18.9 Å². The highest BCUT2D eigenvalue weighted by Crippen LogP contribution is 2.27. The molecule has 0 unspecified atom stereocenters. The van der Waals surface area contributed by atoms with Crippen LogP contribution in [0.2, 0.25) is 0 Å². The Balaban J connectivity index is 1.34. The smallest absolute Gasteiger partial charge is 0.230 e. The minimum absolute atomic E-state index is 0.0979. The fourth-order valence-corrected chi connectivity index (χ4v) is 4.05. The molecule has 0 aliphatic carbocycles. The topological polar surface area (TPSA) is 94.6 Å². The van der Waals surface area contributed by atoms with E-state index >= 15 is 0 Å². The molecule has 0 saturated heterocycles. The number of nitrogens with zero attached hydrogens (tertiary/aromatic N) is 1. The number of aryl methyl sites for hydroxylation is 2. The van der Waals surface area contributed by atoms with E-state index in [0.717, 1.165) is 22.1 Å². The molecule has 5 rings (SSSR count). The van der Waals surface area contributed by atoms with Crippen molar-refractivity contribution in [2.24, 2.45) is 0 Å². The first-order chi connectivity index (χ1) is 16.4. The van der Waals surface area contributed by atoms with Crippen molar-refractivity contribution in [2.45, 2.75) is 20.3 Å². The predicted molar refractivity (Wildman–Crippen MR) is 130 cm³/mol. The van der Waals surface area contributed by atoms with Crippen molar-refractivity contribution >= 4 is 33.5 Å². The van der Waals surface area contributed by atoms with Gasteiger partial charge in [-0.25, -0.2) is 0 Å². The number of amides is 1. The van der Waals surface area contributed by atoms with Crippen LogP contribution in [0.3, 0.4) is 0 Å². The molecule has 0 atom stereocenters. The minimum Gasteiger partial charge on any atom is -0.497 e. The molecule has 34 heavy (non-hydrogen) atoms. The molecule has 2 heterocycles. The maximum absolute atomic E-state index is 12.6. The van der Waals surface area contributed by atoms with Crippen LogP contribution in [0.25, 0.3) is 33.3 Å². The van der Waals surface area contributed by atoms with E-state index in [4.69, 9.17) is 13.7 Å². The summed E-state index contributed by atoms with van der Waals surface area (Å²) in [6.07, 6.45) is 0.0979. The van der Waals surface area contributed by atoms with E-state index in [2.05, 4.69) is 10.5 Å². The molecule has 0 aliphatic heterocycles. The van der Waals surface area contributed by atoms with Gasteiger partial charge < -0.3 is 19.0 Å². The van der Waals surface area contributed by atoms with Crippen LogP contribution in [0.1, 0.15) is 16.8 Å². The first kappa shape index (κ1) is 21.5. The highest BCUT2D eigenvalue weighted by atomic mass is 16.5. The molecule has 0 radical (unpaired) electrons. The summed E-state index contributed by atoms with van der Waals surface area (Å²) < 4.78 is 16.5. The van der Waals surface area contributed by atoms with Crippen molar-refractivity contribution < 1.29 is 18.5 Å². The number of nitrogens with one attached hydrogen (secondary N) is 1. The maximum atomic E-state index is 12.6. The average molecular weight is 454 g/mol. The summed E-state index contributed by atoms with van der Waals surface area (Å²) in [5.74, 6) is 0.838. The number of rotatable bonds is 5. The molecule has 7 heteroatoms. The summed E-state index contributed by atoms with van der Waals surface area (Å²) in [6, 6.07) is 17.7. The van der Waals surface area contributed by atoms with E-state index in [-0.39, 0.29) is 17.8 Å². The zero-order valence-corrected chi connectivity index (χ0v) is 19.0. The van der Waals surface area contributed by atoms with Gasteiger partial charge in [0.1, 0.15) is 22.8 Å². The molecule has 170 valence electrons. The van der Waals surface area contributed by atoms with Gasteiger partial charge in [0.2, 0.25) is 5.91 Å². The first-order valence-corrected chi connectivity index (χ1v) is 10.8. The van der Waals surface area contributed by atoms with E-state index in [1.54, 1.807) is 49.6 Å². The largest absolute Gasteiger partial charge is 0.497 e. The van der Waals surface area contributed by atoms with Crippen LogP contribution in [0, 0.1) is 13.8 Å². The lowest BCUT2D eigenvalue weighted by Crippen LogP contribution is -2.14. The van der Waals surface area contributed by atoms with Gasteiger partial charge in [-0.2, -0.15) is 0 Å². The molecule has 7 nitrogen and oxygen atoms in total. The van der Waals surface area contributed by atoms with Gasteiger partial charge in [-0.1, -0.05) is 11.2 Å². The van der Waals surface area contributed by atoms with E-state index < -0.39 is 0 Å². The van der Waals surface area contributed by atoms with Gasteiger partial charge in [-0.3, -0.25) is 9.59 Å². The number of hydrogen-bond acceptors (Lipinski definition) is 6. The highest BCUT2D eigenvalue weighted by Gasteiger charge is 2.15. The minimum atomic E-state index is -0.201. The zero-order chi connectivity index (χ0) is 23.8. The van der Waals surface area contributed by atoms with Gasteiger partial charge in [-0.05, 0) is 73.5 Å². The standard InChI is InChI=1S/C27H22N2O5/c1-15-10-16(2)27-20(11-15)22(29-34-27)13-26(31)28-18-6-4-17(5-7-18)25-14-23(30)21-12-19(32-3)8-9-24(21)33-25/h4-12,14H,13H2,1-3H3,(H,28,31). The van der Waals surface area contributed by atoms with Gasteiger partial charge >= 0.3 is 0 Å². The molecular formula is C27H22N2O5. The van der Waals surface area contributed by atoms with Crippen molar-refractivity contribution in [3.63, 3.8) is 0 Å². The van der Waals surface area contributed by atoms with Gasteiger partial charge in [0.25, 0.3) is 0 Å². The summed E-state index contributed by atoms with van der Waals surface area (Å²) in [6.45, 7) is 3.96. The zero-order valence-electron chi connectivity index (χ0n) is 19.0. The van der Waals surface area contributed by atoms with Crippen LogP contribution < -0.4 is 15.5 Å². The Morgan fingerprint density at radius 3 is 2.56 bits per heavy atom. The van der Waals surface area contributed by atoms with E-state index in [1.165, 1.54) is 6.07 Å². The van der Waals surface area contributed by atoms with Crippen molar-refractivity contribution in [3.8, 4) is 17.1 Å². The number of carbonyl (C=O) groups excluding carboxylic acids is 1. The Morgan fingerprint density at radius 1 is 1.00 bits per heavy atom. The average Bonchev–Trinajstić information content (AvgIpc) is 3.21. The molecule has 2 aromatic heterocycles. The lowest BCUT2D eigenvalue weighted by atomic mass is 10.1. The number of fused-ring (bicyclic) bond motifs is 2. The second kappa shape index (κ2) is 8.51. The number of aromatic nitrogens is 1. The van der Waals surface area contributed by atoms with Gasteiger partial charge in [-0.15, -0.1) is 0 Å². The Kier molecular flexibility index (Phi) is 5.37. The molecule has 1 N–H and O–H groups in total. The third-order valence-corrected chi connectivity index (χ3v) is 5.69. The van der Waals surface area contributed by atoms with Gasteiger partial charge in [0, 0.05) is 22.7 Å². The Bertz CT molecular complexity index is 1600. The second-order valence-corrected chi connectivity index (χ2v) is 8.23. The van der Waals surface area contributed by atoms with Crippen LogP contribution in [0.15, 0.2) is 74.4 Å². The summed E-state index contributed by atoms with van der Waals surface area (Å²) in [5.41, 5.74) is 5.06. The predicted octanol–water partition coefficient (Wildman–Crippen LogP) is 5.41. The Morgan fingerprint density at radius 2 is 1.79 bits per heavy atom. The SMILES string of the molecule is COc1ccc2oc(-c3ccc(NC(=O)Cc4noc5c(C)cc(C)cc45)cc3)cc(=O)c2c1. The third-order valence-electron chi connectivity index (χ3n) is 5.69. The quantitative estimate of drug-likeness (QED) is 0.382. The molecule has 0 bridgehead atoms. The molecule has 3 aromatic carbocycles. The Hall–Kier alpha value is -4.39. The summed E-state index contributed by atoms with van der Waals surface area (Å²) in [5, 5.41) is 8.28. The van der Waals surface area contributed by atoms with E-state index in [0.29, 0.717) is 39.4 Å². The van der Waals surface area contributed by atoms with E-state index in [1.807, 2.05) is 26.0 Å². The third kappa shape index (κ3) is 4.03. The summed E-state index contributed by atoms with van der Waals surface area (Å²) >= 11 is 0. The lowest BCUT2D eigenvalue weighted by Gasteiger charge is -2.07. The van der Waals surface area contributed by atoms with Crippen molar-refractivity contribution in [1.29, 1.82) is 0 Å². The fraction of sp³-hybridized carbons (Fsp3) is 0.148. The lowest BCUT2D eigenvalue weighted by molar-refractivity contribution is -0.115. The number of anilines is 1. The van der Waals surface area contributed by atoms with E-state index in [9.17, 15) is 9.59 Å². The number of methoxy groups -OCH3 is 1. The molecule has 0 aliphatic rings. The summed E-state index contributed by atoms with van der Waals surface area (Å²) in [4.78, 5) is 25.2. The van der Waals surface area contributed by atoms with Crippen LogP contribution in [0.5, 0.6) is 5.75 Å². The molecule has 0 saturated carbocycles. The molecule has 0 spiro atoms. The molecule has 5 aromatic rings. The van der Waals surface area contributed by atoms with Gasteiger partial charge in [0.15, 0.2) is 11.0 Å². The number of carbonyl (C=O) groups is 1. The first-order valence-electron chi connectivity index (χ1n) is 10.8. The van der Waals surface area contributed by atoms with Crippen molar-refractivity contribution in [3.05, 3.63) is 87.7 Å². The maximum Gasteiger partial charge on any atom is 0.230 e. The van der Waals surface area contributed by atoms with Crippen LogP contribution in [-0.4, -0.2) is 18.2 Å². The van der Waals surface area contributed by atoms with Crippen molar-refractivity contribution in [1.82, 2.24) is 5.16 Å². The monoisotopic (exact) mass is 454 g/mol. The normalized spacial score (nSPS) is 11.1. The molecule has 1 amide bonds. The van der Waals surface area contributed by atoms with Crippen LogP contribution in [0.4, 0.5) is 5.69 Å². The fourth-order valence-electron chi connectivity index (χ4n) is 4.05. The number of ether oxygens (including phenoxy) is 1. The van der Waals surface area contributed by atoms with Crippen LogP contribution >= 0.6 is 0 Å². The Labute approximate surface area is 194 Å². The second-order valence-electron chi connectivity index (χ2n) is 8.23. The van der Waals surface area contributed by atoms with Crippen LogP contribution in [-0.2, 0) is 11.2 Å². The number of benzene rings is 3.